The van der Waals surface area contributed by atoms with E-state index < -0.39 is 0 Å². The summed E-state index contributed by atoms with van der Waals surface area (Å²) in [5.74, 6) is 0.882. The summed E-state index contributed by atoms with van der Waals surface area (Å²) < 4.78 is 5.37. The second-order valence-corrected chi connectivity index (χ2v) is 7.46. The summed E-state index contributed by atoms with van der Waals surface area (Å²) in [6.45, 7) is 0. The fraction of sp³-hybridized carbons (Fsp3) is 0.0345. The third-order valence-electron chi connectivity index (χ3n) is 5.53. The van der Waals surface area contributed by atoms with Gasteiger partial charge in [-0.3, -0.25) is 0 Å². The molecule has 0 aliphatic carbocycles. The van der Waals surface area contributed by atoms with Gasteiger partial charge in [-0.25, -0.2) is 0 Å². The topological polar surface area (TPSA) is 9.23 Å². The number of hydrogen-bond donors (Lipinski definition) is 0. The fourth-order valence-electron chi connectivity index (χ4n) is 3.92. The maximum absolute atomic E-state index is 5.37. The number of methoxy groups -OCH3 is 1. The van der Waals surface area contributed by atoms with Crippen LogP contribution in [0, 0.1) is 0 Å². The van der Waals surface area contributed by atoms with Gasteiger partial charge < -0.3 is 4.74 Å². The molecule has 5 rings (SSSR count). The van der Waals surface area contributed by atoms with E-state index in [1.165, 1.54) is 44.2 Å². The van der Waals surface area contributed by atoms with E-state index in [1.807, 2.05) is 6.07 Å². The molecule has 5 aromatic carbocycles. The van der Waals surface area contributed by atoms with Crippen LogP contribution >= 0.6 is 0 Å². The molecule has 0 heterocycles. The average Bonchev–Trinajstić information content (AvgIpc) is 2.84. The maximum atomic E-state index is 5.37. The van der Waals surface area contributed by atoms with Crippen molar-refractivity contribution in [1.29, 1.82) is 0 Å². The van der Waals surface area contributed by atoms with Crippen LogP contribution in [0.4, 0.5) is 0 Å². The Balaban J connectivity index is 1.68. The molecule has 0 bridgehead atoms. The first-order valence-corrected chi connectivity index (χ1v) is 10.1. The molecule has 0 spiro atoms. The summed E-state index contributed by atoms with van der Waals surface area (Å²) in [5.41, 5.74) is 7.32. The van der Waals surface area contributed by atoms with Gasteiger partial charge in [0.15, 0.2) is 0 Å². The normalized spacial score (nSPS) is 10.8. The Labute approximate surface area is 177 Å². The van der Waals surface area contributed by atoms with Crippen molar-refractivity contribution in [2.45, 2.75) is 0 Å². The van der Waals surface area contributed by atoms with Crippen molar-refractivity contribution in [2.24, 2.45) is 0 Å². The standard InChI is InChI=1S/C29H22O/c1-30-29-15-14-23-16-24(12-13-25(23)20-29)28-18-26(21-8-4-2-5-9-21)17-27(19-28)22-10-6-3-7-11-22/h2-20H,1H3. The lowest BCUT2D eigenvalue weighted by molar-refractivity contribution is 0.415. The Morgan fingerprint density at radius 2 is 0.900 bits per heavy atom. The average molecular weight is 386 g/mol. The molecule has 1 heteroatoms. The molecule has 0 amide bonds. The van der Waals surface area contributed by atoms with E-state index in [2.05, 4.69) is 109 Å². The van der Waals surface area contributed by atoms with Crippen molar-refractivity contribution in [1.82, 2.24) is 0 Å². The molecule has 0 fully saturated rings. The fourth-order valence-corrected chi connectivity index (χ4v) is 3.92. The second-order valence-electron chi connectivity index (χ2n) is 7.46. The predicted molar refractivity (Wildman–Crippen MR) is 127 cm³/mol. The maximum Gasteiger partial charge on any atom is 0.119 e. The minimum atomic E-state index is 0.882. The highest BCUT2D eigenvalue weighted by Crippen LogP contribution is 2.34. The molecule has 30 heavy (non-hydrogen) atoms. The highest BCUT2D eigenvalue weighted by atomic mass is 16.5. The molecule has 144 valence electrons. The summed E-state index contributed by atoms with van der Waals surface area (Å²) >= 11 is 0. The Hall–Kier alpha value is -3.84. The number of hydrogen-bond acceptors (Lipinski definition) is 1. The van der Waals surface area contributed by atoms with Gasteiger partial charge in [0.05, 0.1) is 7.11 Å². The van der Waals surface area contributed by atoms with E-state index in [0.717, 1.165) is 5.75 Å². The van der Waals surface area contributed by atoms with Crippen LogP contribution in [0.5, 0.6) is 5.75 Å². The smallest absolute Gasteiger partial charge is 0.119 e. The molecule has 0 unspecified atom stereocenters. The summed E-state index contributed by atoms with van der Waals surface area (Å²) in [7, 11) is 1.70. The first-order chi connectivity index (χ1) is 14.8. The van der Waals surface area contributed by atoms with Crippen LogP contribution in [-0.4, -0.2) is 7.11 Å². The van der Waals surface area contributed by atoms with Gasteiger partial charge in [-0.1, -0.05) is 78.9 Å². The molecular formula is C29H22O. The third-order valence-corrected chi connectivity index (χ3v) is 5.53. The van der Waals surface area contributed by atoms with E-state index in [9.17, 15) is 0 Å². The molecule has 0 N–H and O–H groups in total. The predicted octanol–water partition coefficient (Wildman–Crippen LogP) is 7.85. The molecular weight excluding hydrogens is 364 g/mol. The lowest BCUT2D eigenvalue weighted by atomic mass is 9.92. The Morgan fingerprint density at radius 1 is 0.400 bits per heavy atom. The van der Waals surface area contributed by atoms with Gasteiger partial charge in [-0.15, -0.1) is 0 Å². The lowest BCUT2D eigenvalue weighted by Gasteiger charge is -2.12. The second kappa shape index (κ2) is 7.88. The molecule has 1 nitrogen and oxygen atoms in total. The van der Waals surface area contributed by atoms with Gasteiger partial charge in [-0.05, 0) is 80.6 Å². The van der Waals surface area contributed by atoms with Gasteiger partial charge >= 0.3 is 0 Å². The first kappa shape index (κ1) is 18.2. The molecule has 0 saturated heterocycles. The van der Waals surface area contributed by atoms with Crippen LogP contribution in [0.3, 0.4) is 0 Å². The highest BCUT2D eigenvalue weighted by molar-refractivity contribution is 5.90. The van der Waals surface area contributed by atoms with Crippen LogP contribution in [0.25, 0.3) is 44.2 Å². The zero-order valence-corrected chi connectivity index (χ0v) is 16.9. The molecule has 0 aliphatic rings. The van der Waals surface area contributed by atoms with Crippen LogP contribution in [0.1, 0.15) is 0 Å². The van der Waals surface area contributed by atoms with Crippen molar-refractivity contribution in [3.8, 4) is 39.1 Å². The van der Waals surface area contributed by atoms with Gasteiger partial charge in [0.25, 0.3) is 0 Å². The van der Waals surface area contributed by atoms with Gasteiger partial charge in [0.1, 0.15) is 5.75 Å². The minimum absolute atomic E-state index is 0.882. The monoisotopic (exact) mass is 386 g/mol. The zero-order chi connectivity index (χ0) is 20.3. The van der Waals surface area contributed by atoms with E-state index in [1.54, 1.807) is 7.11 Å². The van der Waals surface area contributed by atoms with Crippen molar-refractivity contribution in [2.75, 3.05) is 7.11 Å². The zero-order valence-electron chi connectivity index (χ0n) is 16.9. The van der Waals surface area contributed by atoms with Crippen LogP contribution in [0.2, 0.25) is 0 Å². The van der Waals surface area contributed by atoms with Crippen molar-refractivity contribution >= 4 is 10.8 Å². The quantitative estimate of drug-likeness (QED) is 0.305. The van der Waals surface area contributed by atoms with Crippen molar-refractivity contribution in [3.63, 3.8) is 0 Å². The Kier molecular flexibility index (Phi) is 4.78. The van der Waals surface area contributed by atoms with Gasteiger partial charge in [-0.2, -0.15) is 0 Å². The largest absolute Gasteiger partial charge is 0.497 e. The van der Waals surface area contributed by atoms with Crippen LogP contribution in [-0.2, 0) is 0 Å². The number of fused-ring (bicyclic) bond motifs is 1. The third kappa shape index (κ3) is 3.58. The summed E-state index contributed by atoms with van der Waals surface area (Å²) in [4.78, 5) is 0. The molecule has 0 aromatic heterocycles. The SMILES string of the molecule is COc1ccc2cc(-c3cc(-c4ccccc4)cc(-c4ccccc4)c3)ccc2c1. The minimum Gasteiger partial charge on any atom is -0.497 e. The summed E-state index contributed by atoms with van der Waals surface area (Å²) in [6, 6.07) is 40.8. The highest BCUT2D eigenvalue weighted by Gasteiger charge is 2.08. The van der Waals surface area contributed by atoms with E-state index in [-0.39, 0.29) is 0 Å². The van der Waals surface area contributed by atoms with Crippen molar-refractivity contribution < 1.29 is 4.74 Å². The number of ether oxygens (including phenoxy) is 1. The van der Waals surface area contributed by atoms with Crippen LogP contribution < -0.4 is 4.74 Å². The summed E-state index contributed by atoms with van der Waals surface area (Å²) in [5, 5.41) is 2.39. The molecule has 5 aromatic rings. The van der Waals surface area contributed by atoms with E-state index in [0.29, 0.717) is 0 Å². The molecule has 0 radical (unpaired) electrons. The van der Waals surface area contributed by atoms with E-state index in [4.69, 9.17) is 4.74 Å². The van der Waals surface area contributed by atoms with Gasteiger partial charge in [0.2, 0.25) is 0 Å². The van der Waals surface area contributed by atoms with Gasteiger partial charge in [0, 0.05) is 0 Å². The number of rotatable bonds is 4. The Morgan fingerprint density at radius 3 is 1.47 bits per heavy atom. The van der Waals surface area contributed by atoms with Crippen molar-refractivity contribution in [3.05, 3.63) is 115 Å². The van der Waals surface area contributed by atoms with E-state index >= 15 is 0 Å². The Bertz CT molecular complexity index is 1250. The first-order valence-electron chi connectivity index (χ1n) is 10.1. The number of benzene rings is 5. The lowest BCUT2D eigenvalue weighted by Crippen LogP contribution is -1.87. The molecule has 0 aliphatic heterocycles. The van der Waals surface area contributed by atoms with Crippen LogP contribution in [0.15, 0.2) is 115 Å². The summed E-state index contributed by atoms with van der Waals surface area (Å²) in [6.07, 6.45) is 0. The molecule has 0 atom stereocenters. The molecule has 0 saturated carbocycles.